The third kappa shape index (κ3) is 6.74. The van der Waals surface area contributed by atoms with Gasteiger partial charge in [0.15, 0.2) is 0 Å². The fraction of sp³-hybridized carbons (Fsp3) is 0.212. The van der Waals surface area contributed by atoms with Crippen LogP contribution in [0.3, 0.4) is 0 Å². The first-order chi connectivity index (χ1) is 20.3. The van der Waals surface area contributed by atoms with E-state index in [0.29, 0.717) is 15.9 Å². The molecule has 3 heterocycles. The number of hydrogen-bond acceptors (Lipinski definition) is 6. The quantitative estimate of drug-likeness (QED) is 0.203. The smallest absolute Gasteiger partial charge is 0.307 e. The molecule has 6 rings (SSSR count). The molecule has 0 radical (unpaired) electrons. The number of carbonyl (C=O) groups is 1. The highest BCUT2D eigenvalue weighted by Crippen LogP contribution is 2.41. The summed E-state index contributed by atoms with van der Waals surface area (Å²) in [7, 11) is 1.71. The van der Waals surface area contributed by atoms with Crippen molar-refractivity contribution in [3.05, 3.63) is 89.0 Å². The van der Waals surface area contributed by atoms with Gasteiger partial charge in [-0.25, -0.2) is 4.98 Å². The summed E-state index contributed by atoms with van der Waals surface area (Å²) in [6, 6.07) is 18.6. The molecule has 3 aromatic carbocycles. The van der Waals surface area contributed by atoms with Crippen molar-refractivity contribution in [1.82, 2.24) is 19.7 Å². The lowest BCUT2D eigenvalue weighted by Gasteiger charge is -2.13. The summed E-state index contributed by atoms with van der Waals surface area (Å²) in [4.78, 5) is 21.2. The number of rotatable bonds is 5. The van der Waals surface area contributed by atoms with Gasteiger partial charge in [0.25, 0.3) is 0 Å². The van der Waals surface area contributed by atoms with E-state index in [1.807, 2.05) is 49.4 Å². The monoisotopic (exact) mass is 616 g/mol. The molecule has 0 saturated carbocycles. The number of carboxylic acids is 1. The number of halogens is 2. The molecule has 0 aliphatic carbocycles. The number of aliphatic carboxylic acids is 1. The maximum absolute atomic E-state index is 14.0. The third-order valence-electron chi connectivity index (χ3n) is 6.58. The van der Waals surface area contributed by atoms with Gasteiger partial charge in [0.2, 0.25) is 5.95 Å². The number of aromatic nitrogens is 4. The number of hydrogen-bond donors (Lipinski definition) is 2. The molecule has 0 atom stereocenters. The fourth-order valence-corrected chi connectivity index (χ4v) is 6.01. The second-order valence-electron chi connectivity index (χ2n) is 11.2. The maximum atomic E-state index is 14.0. The molecule has 7 nitrogen and oxygen atoms in total. The summed E-state index contributed by atoms with van der Waals surface area (Å²) in [6.45, 7) is 7.14. The molecular formula is C33H30ClFN4O3S. The molecule has 3 aromatic heterocycles. The van der Waals surface area contributed by atoms with Gasteiger partial charge in [-0.1, -0.05) is 29.8 Å². The van der Waals surface area contributed by atoms with Crippen molar-refractivity contribution in [3.63, 3.8) is 0 Å². The predicted octanol–water partition coefficient (Wildman–Crippen LogP) is 8.08. The van der Waals surface area contributed by atoms with Crippen molar-refractivity contribution in [2.24, 2.45) is 7.05 Å². The van der Waals surface area contributed by atoms with Crippen LogP contribution in [0.15, 0.2) is 66.9 Å². The van der Waals surface area contributed by atoms with E-state index in [4.69, 9.17) is 21.7 Å². The molecule has 2 N–H and O–H groups in total. The number of aliphatic hydroxyl groups is 1. The van der Waals surface area contributed by atoms with Gasteiger partial charge >= 0.3 is 5.97 Å². The van der Waals surface area contributed by atoms with Crippen molar-refractivity contribution < 1.29 is 19.4 Å². The van der Waals surface area contributed by atoms with E-state index in [-0.39, 0.29) is 6.42 Å². The molecule has 10 heteroatoms. The Kier molecular flexibility index (Phi) is 8.34. The van der Waals surface area contributed by atoms with Crippen molar-refractivity contribution >= 4 is 50.0 Å². The Morgan fingerprint density at radius 2 is 1.70 bits per heavy atom. The van der Waals surface area contributed by atoms with Gasteiger partial charge in [0, 0.05) is 35.0 Å². The maximum Gasteiger partial charge on any atom is 0.307 e. The molecule has 0 spiro atoms. The predicted molar refractivity (Wildman–Crippen MR) is 171 cm³/mol. The SMILES string of the molecule is CC(C)(C)O.Cc1cc2nc(-c3ccnc(-c4ccc5c(F)nn(C)c5c4)c3)sc2c(-c2ccc(Cl)cc2)c1CC(=O)O. The summed E-state index contributed by atoms with van der Waals surface area (Å²) in [5.41, 5.74) is 6.81. The Morgan fingerprint density at radius 3 is 2.37 bits per heavy atom. The highest BCUT2D eigenvalue weighted by molar-refractivity contribution is 7.22. The molecular weight excluding hydrogens is 587 g/mol. The molecule has 0 aliphatic heterocycles. The normalized spacial score (nSPS) is 11.5. The van der Waals surface area contributed by atoms with Crippen LogP contribution in [-0.4, -0.2) is 41.5 Å². The van der Waals surface area contributed by atoms with Crippen LogP contribution in [0.5, 0.6) is 0 Å². The second-order valence-corrected chi connectivity index (χ2v) is 12.7. The van der Waals surface area contributed by atoms with E-state index in [9.17, 15) is 14.3 Å². The van der Waals surface area contributed by atoms with Crippen LogP contribution in [0.25, 0.3) is 54.1 Å². The Hall–Kier alpha value is -4.18. The average Bonchev–Trinajstić information content (AvgIpc) is 3.48. The molecule has 220 valence electrons. The van der Waals surface area contributed by atoms with Crippen LogP contribution in [0.4, 0.5) is 4.39 Å². The van der Waals surface area contributed by atoms with Crippen LogP contribution in [-0.2, 0) is 18.3 Å². The van der Waals surface area contributed by atoms with E-state index in [0.717, 1.165) is 54.3 Å². The Morgan fingerprint density at radius 1 is 1.02 bits per heavy atom. The number of nitrogens with zero attached hydrogens (tertiary/aromatic N) is 4. The second kappa shape index (κ2) is 11.8. The molecule has 0 amide bonds. The lowest BCUT2D eigenvalue weighted by atomic mass is 9.93. The van der Waals surface area contributed by atoms with E-state index in [1.165, 1.54) is 16.0 Å². The first-order valence-corrected chi connectivity index (χ1v) is 14.7. The van der Waals surface area contributed by atoms with Crippen LogP contribution >= 0.6 is 22.9 Å². The van der Waals surface area contributed by atoms with E-state index < -0.39 is 17.5 Å². The first-order valence-electron chi connectivity index (χ1n) is 13.5. The molecule has 43 heavy (non-hydrogen) atoms. The van der Waals surface area contributed by atoms with Gasteiger partial charge in [-0.05, 0) is 86.8 Å². The lowest BCUT2D eigenvalue weighted by molar-refractivity contribution is -0.136. The standard InChI is InChI=1S/C29H20ClFN4O2S.C4H10O/c1-15-11-23-27(26(21(15)14-25(36)37)16-3-6-19(30)7-4-16)38-29(33-23)18-9-10-32-22(12-18)17-5-8-20-24(13-17)35(2)34-28(20)31;1-4(2,3)5/h3-13H,14H2,1-2H3,(H,36,37);5H,1-3H3. The zero-order valence-corrected chi connectivity index (χ0v) is 25.9. The van der Waals surface area contributed by atoms with Crippen molar-refractivity contribution in [3.8, 4) is 33.0 Å². The lowest BCUT2D eigenvalue weighted by Crippen LogP contribution is -2.10. The number of thiazole rings is 1. The number of pyridine rings is 1. The Balaban J connectivity index is 0.000000682. The summed E-state index contributed by atoms with van der Waals surface area (Å²) in [6.07, 6.45) is 1.63. The molecule has 6 aromatic rings. The van der Waals surface area contributed by atoms with Gasteiger partial charge in [-0.2, -0.15) is 4.39 Å². The number of aryl methyl sites for hydroxylation is 2. The van der Waals surface area contributed by atoms with Gasteiger partial charge in [0.05, 0.1) is 38.8 Å². The molecule has 0 unspecified atom stereocenters. The number of carboxylic acid groups (broad SMARTS) is 1. The topological polar surface area (TPSA) is 101 Å². The van der Waals surface area contributed by atoms with Crippen LogP contribution in [0, 0.1) is 12.9 Å². The molecule has 0 bridgehead atoms. The third-order valence-corrected chi connectivity index (χ3v) is 7.97. The van der Waals surface area contributed by atoms with Crippen molar-refractivity contribution in [2.75, 3.05) is 0 Å². The van der Waals surface area contributed by atoms with Crippen LogP contribution < -0.4 is 0 Å². The zero-order chi connectivity index (χ0) is 31.1. The zero-order valence-electron chi connectivity index (χ0n) is 24.3. The highest BCUT2D eigenvalue weighted by Gasteiger charge is 2.20. The minimum Gasteiger partial charge on any atom is -0.481 e. The van der Waals surface area contributed by atoms with E-state index in [1.54, 1.807) is 52.2 Å². The van der Waals surface area contributed by atoms with Gasteiger partial charge in [-0.15, -0.1) is 16.4 Å². The van der Waals surface area contributed by atoms with Crippen LogP contribution in [0.1, 0.15) is 31.9 Å². The minimum absolute atomic E-state index is 0.0938. The first kappa shape index (κ1) is 30.3. The average molecular weight is 617 g/mol. The number of benzene rings is 3. The highest BCUT2D eigenvalue weighted by atomic mass is 35.5. The summed E-state index contributed by atoms with van der Waals surface area (Å²) < 4.78 is 16.5. The van der Waals surface area contributed by atoms with Gasteiger partial charge < -0.3 is 10.2 Å². The number of fused-ring (bicyclic) bond motifs is 2. The fourth-order valence-electron chi connectivity index (χ4n) is 4.75. The molecule has 0 saturated heterocycles. The Labute approximate surface area is 257 Å². The van der Waals surface area contributed by atoms with Gasteiger partial charge in [-0.3, -0.25) is 14.5 Å². The largest absolute Gasteiger partial charge is 0.481 e. The van der Waals surface area contributed by atoms with Crippen LogP contribution in [0.2, 0.25) is 5.02 Å². The van der Waals surface area contributed by atoms with E-state index in [2.05, 4.69) is 10.1 Å². The Bertz CT molecular complexity index is 1970. The van der Waals surface area contributed by atoms with Gasteiger partial charge in [0.1, 0.15) is 5.01 Å². The molecule has 0 aliphatic rings. The van der Waals surface area contributed by atoms with Crippen molar-refractivity contribution in [1.29, 1.82) is 0 Å². The minimum atomic E-state index is -0.892. The molecule has 0 fully saturated rings. The summed E-state index contributed by atoms with van der Waals surface area (Å²) >= 11 is 7.64. The summed E-state index contributed by atoms with van der Waals surface area (Å²) in [5.74, 6) is -1.39. The summed E-state index contributed by atoms with van der Waals surface area (Å²) in [5, 5.41) is 23.9. The van der Waals surface area contributed by atoms with E-state index >= 15 is 0 Å². The van der Waals surface area contributed by atoms with Crippen molar-refractivity contribution in [2.45, 2.75) is 39.7 Å².